The number of nitrogens with two attached hydrogens (primary N) is 4. The second kappa shape index (κ2) is 5.50. The number of anilines is 4. The molecule has 0 radical (unpaired) electrons. The van der Waals surface area contributed by atoms with Crippen molar-refractivity contribution < 1.29 is 0 Å². The molecule has 0 aliphatic carbocycles. The third-order valence-electron chi connectivity index (χ3n) is 1.82. The quantitative estimate of drug-likeness (QED) is 0.503. The fourth-order valence-electron chi connectivity index (χ4n) is 1.12. The molecular formula is C12H16N4. The molecule has 0 unspecified atom stereocenters. The fourth-order valence-corrected chi connectivity index (χ4v) is 1.12. The van der Waals surface area contributed by atoms with Gasteiger partial charge in [-0.1, -0.05) is 12.1 Å². The second-order valence-electron chi connectivity index (χ2n) is 3.34. The molecule has 2 aromatic carbocycles. The summed E-state index contributed by atoms with van der Waals surface area (Å²) in [6.45, 7) is 0. The molecule has 4 nitrogen and oxygen atoms in total. The van der Waals surface area contributed by atoms with Gasteiger partial charge in [0, 0.05) is 22.7 Å². The Morgan fingerprint density at radius 2 is 0.750 bits per heavy atom. The van der Waals surface area contributed by atoms with E-state index >= 15 is 0 Å². The van der Waals surface area contributed by atoms with Gasteiger partial charge in [-0.15, -0.1) is 0 Å². The van der Waals surface area contributed by atoms with Gasteiger partial charge in [0.25, 0.3) is 0 Å². The Morgan fingerprint density at radius 3 is 0.875 bits per heavy atom. The van der Waals surface area contributed by atoms with Gasteiger partial charge in [-0.25, -0.2) is 0 Å². The number of hydrogen-bond donors (Lipinski definition) is 4. The molecule has 2 aromatic rings. The molecule has 16 heavy (non-hydrogen) atoms. The van der Waals surface area contributed by atoms with E-state index < -0.39 is 0 Å². The van der Waals surface area contributed by atoms with Crippen LogP contribution in [0.15, 0.2) is 48.5 Å². The second-order valence-corrected chi connectivity index (χ2v) is 3.34. The monoisotopic (exact) mass is 216 g/mol. The van der Waals surface area contributed by atoms with Gasteiger partial charge in [0.05, 0.1) is 0 Å². The number of nitrogen functional groups attached to an aromatic ring is 4. The van der Waals surface area contributed by atoms with Gasteiger partial charge in [0.2, 0.25) is 0 Å². The Labute approximate surface area is 94.9 Å². The van der Waals surface area contributed by atoms with Crippen molar-refractivity contribution in [1.29, 1.82) is 0 Å². The van der Waals surface area contributed by atoms with Crippen LogP contribution in [0.1, 0.15) is 0 Å². The standard InChI is InChI=1S/2C6H8N2/c2*7-5-2-1-3-6(8)4-5/h2*1-4H,7-8H2. The summed E-state index contributed by atoms with van der Waals surface area (Å²) in [6, 6.07) is 14.3. The summed E-state index contributed by atoms with van der Waals surface area (Å²) in [4.78, 5) is 0. The molecular weight excluding hydrogens is 200 g/mol. The van der Waals surface area contributed by atoms with Crippen LogP contribution in [0.5, 0.6) is 0 Å². The average Bonchev–Trinajstić information content (AvgIpc) is 2.17. The highest BCUT2D eigenvalue weighted by molar-refractivity contribution is 5.51. The van der Waals surface area contributed by atoms with E-state index in [-0.39, 0.29) is 0 Å². The zero-order valence-corrected chi connectivity index (χ0v) is 8.93. The summed E-state index contributed by atoms with van der Waals surface area (Å²) in [6.07, 6.45) is 0. The number of hydrogen-bond acceptors (Lipinski definition) is 4. The lowest BCUT2D eigenvalue weighted by Crippen LogP contribution is -1.87. The van der Waals surface area contributed by atoms with Gasteiger partial charge >= 0.3 is 0 Å². The third-order valence-corrected chi connectivity index (χ3v) is 1.82. The summed E-state index contributed by atoms with van der Waals surface area (Å²) in [5, 5.41) is 0. The summed E-state index contributed by atoms with van der Waals surface area (Å²) < 4.78 is 0. The van der Waals surface area contributed by atoms with Crippen LogP contribution in [0.4, 0.5) is 22.7 Å². The van der Waals surface area contributed by atoms with Gasteiger partial charge in [-0.3, -0.25) is 0 Å². The molecule has 8 N–H and O–H groups in total. The minimum atomic E-state index is 0.713. The molecule has 84 valence electrons. The number of rotatable bonds is 0. The van der Waals surface area contributed by atoms with Crippen LogP contribution in [0.2, 0.25) is 0 Å². The van der Waals surface area contributed by atoms with Crippen LogP contribution in [-0.2, 0) is 0 Å². The van der Waals surface area contributed by atoms with Crippen LogP contribution in [0.3, 0.4) is 0 Å². The first kappa shape index (κ1) is 11.7. The summed E-state index contributed by atoms with van der Waals surface area (Å²) in [5.74, 6) is 0. The van der Waals surface area contributed by atoms with E-state index in [1.165, 1.54) is 0 Å². The molecule has 0 saturated heterocycles. The van der Waals surface area contributed by atoms with Crippen molar-refractivity contribution in [3.63, 3.8) is 0 Å². The lowest BCUT2D eigenvalue weighted by Gasteiger charge is -1.91. The Balaban J connectivity index is 0.000000160. The maximum atomic E-state index is 5.38. The molecule has 0 spiro atoms. The summed E-state index contributed by atoms with van der Waals surface area (Å²) in [5.41, 5.74) is 24.4. The Bertz CT molecular complexity index is 376. The van der Waals surface area contributed by atoms with Crippen LogP contribution < -0.4 is 22.9 Å². The van der Waals surface area contributed by atoms with Crippen molar-refractivity contribution in [2.75, 3.05) is 22.9 Å². The van der Waals surface area contributed by atoms with Crippen molar-refractivity contribution >= 4 is 22.7 Å². The molecule has 0 heterocycles. The van der Waals surface area contributed by atoms with E-state index in [1.807, 2.05) is 12.1 Å². The fraction of sp³-hybridized carbons (Fsp3) is 0. The molecule has 0 aliphatic rings. The van der Waals surface area contributed by atoms with Crippen LogP contribution in [-0.4, -0.2) is 0 Å². The zero-order chi connectivity index (χ0) is 12.0. The highest BCUT2D eigenvalue weighted by Crippen LogP contribution is 2.06. The van der Waals surface area contributed by atoms with Gasteiger partial charge < -0.3 is 22.9 Å². The SMILES string of the molecule is Nc1cccc(N)c1.Nc1cccc(N)c1. The Hall–Kier alpha value is -2.36. The molecule has 0 aromatic heterocycles. The molecule has 0 atom stereocenters. The van der Waals surface area contributed by atoms with E-state index in [0.29, 0.717) is 22.7 Å². The smallest absolute Gasteiger partial charge is 0.0334 e. The number of benzene rings is 2. The largest absolute Gasteiger partial charge is 0.399 e. The maximum Gasteiger partial charge on any atom is 0.0334 e. The lowest BCUT2D eigenvalue weighted by atomic mass is 10.3. The molecule has 0 bridgehead atoms. The minimum absolute atomic E-state index is 0.713. The highest BCUT2D eigenvalue weighted by atomic mass is 14.6. The molecule has 4 heteroatoms. The Kier molecular flexibility index (Phi) is 4.03. The van der Waals surface area contributed by atoms with Gasteiger partial charge in [-0.2, -0.15) is 0 Å². The molecule has 0 amide bonds. The van der Waals surface area contributed by atoms with Crippen molar-refractivity contribution in [3.8, 4) is 0 Å². The van der Waals surface area contributed by atoms with Crippen LogP contribution in [0.25, 0.3) is 0 Å². The first-order valence-electron chi connectivity index (χ1n) is 4.80. The summed E-state index contributed by atoms with van der Waals surface area (Å²) in [7, 11) is 0. The van der Waals surface area contributed by atoms with E-state index in [9.17, 15) is 0 Å². The van der Waals surface area contributed by atoms with Crippen molar-refractivity contribution in [1.82, 2.24) is 0 Å². The highest BCUT2D eigenvalue weighted by Gasteiger charge is 1.82. The van der Waals surface area contributed by atoms with Crippen LogP contribution in [0, 0.1) is 0 Å². The maximum absolute atomic E-state index is 5.38. The minimum Gasteiger partial charge on any atom is -0.399 e. The van der Waals surface area contributed by atoms with E-state index in [0.717, 1.165) is 0 Å². The average molecular weight is 216 g/mol. The normalized spacial score (nSPS) is 9.00. The first-order chi connectivity index (χ1) is 7.58. The van der Waals surface area contributed by atoms with Crippen molar-refractivity contribution in [3.05, 3.63) is 48.5 Å². The van der Waals surface area contributed by atoms with E-state index in [4.69, 9.17) is 22.9 Å². The van der Waals surface area contributed by atoms with Gasteiger partial charge in [0.15, 0.2) is 0 Å². The molecule has 2 rings (SSSR count). The predicted octanol–water partition coefficient (Wildman–Crippen LogP) is 1.70. The lowest BCUT2D eigenvalue weighted by molar-refractivity contribution is 1.67. The first-order valence-corrected chi connectivity index (χ1v) is 4.80. The van der Waals surface area contributed by atoms with Crippen LogP contribution >= 0.6 is 0 Å². The third kappa shape index (κ3) is 4.23. The van der Waals surface area contributed by atoms with Gasteiger partial charge in [0.1, 0.15) is 0 Å². The van der Waals surface area contributed by atoms with Gasteiger partial charge in [-0.05, 0) is 36.4 Å². The predicted molar refractivity (Wildman–Crippen MR) is 70.5 cm³/mol. The molecule has 0 fully saturated rings. The van der Waals surface area contributed by atoms with E-state index in [1.54, 1.807) is 36.4 Å². The summed E-state index contributed by atoms with van der Waals surface area (Å²) >= 11 is 0. The topological polar surface area (TPSA) is 104 Å². The van der Waals surface area contributed by atoms with E-state index in [2.05, 4.69) is 0 Å². The molecule has 0 aliphatic heterocycles. The molecule has 0 saturated carbocycles. The van der Waals surface area contributed by atoms with Crippen molar-refractivity contribution in [2.24, 2.45) is 0 Å². The zero-order valence-electron chi connectivity index (χ0n) is 8.93. The van der Waals surface area contributed by atoms with Crippen molar-refractivity contribution in [2.45, 2.75) is 0 Å². The Morgan fingerprint density at radius 1 is 0.500 bits per heavy atom.